The molecule has 7 nitrogen and oxygen atoms in total. The molecule has 162 valence electrons. The fourth-order valence-electron chi connectivity index (χ4n) is 2.96. The summed E-state index contributed by atoms with van der Waals surface area (Å²) in [5.41, 5.74) is 2.98. The molecule has 0 aliphatic carbocycles. The Hall–Kier alpha value is -3.20. The number of hydrogen-bond donors (Lipinski definition) is 2. The van der Waals surface area contributed by atoms with Gasteiger partial charge in [0.2, 0.25) is 5.91 Å². The zero-order valence-corrected chi connectivity index (χ0v) is 18.6. The van der Waals surface area contributed by atoms with Crippen molar-refractivity contribution in [2.75, 3.05) is 11.1 Å². The maximum absolute atomic E-state index is 13.8. The summed E-state index contributed by atoms with van der Waals surface area (Å²) in [4.78, 5) is 24.6. The van der Waals surface area contributed by atoms with Crippen LogP contribution in [0.3, 0.4) is 0 Å². The molecule has 2 aromatic carbocycles. The summed E-state index contributed by atoms with van der Waals surface area (Å²) in [5, 5.41) is 14.4. The molecular formula is C22H24FN5O2S. The Morgan fingerprint density at radius 2 is 1.87 bits per heavy atom. The minimum absolute atomic E-state index is 0.0332. The monoisotopic (exact) mass is 441 g/mol. The standard InChI is InChI=1S/C22H24FN5O2S/c1-13-9-10-16(11-14(13)2)25-19(29)12-31-22-27-26-20(28(22)4)15(3)24-21(30)17-7-5-6-8-18(17)23/h5-11,15H,12H2,1-4H3,(H,24,30)(H,25,29)/t15-/m0/s1. The molecule has 0 fully saturated rings. The van der Waals surface area contributed by atoms with E-state index in [1.54, 1.807) is 24.6 Å². The van der Waals surface area contributed by atoms with Crippen LogP contribution in [-0.4, -0.2) is 32.3 Å². The second-order valence-corrected chi connectivity index (χ2v) is 8.15. The topological polar surface area (TPSA) is 88.9 Å². The number of halogens is 1. The molecule has 1 aromatic heterocycles. The van der Waals surface area contributed by atoms with E-state index in [1.807, 2.05) is 32.0 Å². The summed E-state index contributed by atoms with van der Waals surface area (Å²) >= 11 is 1.24. The van der Waals surface area contributed by atoms with Crippen molar-refractivity contribution in [3.63, 3.8) is 0 Å². The van der Waals surface area contributed by atoms with Crippen LogP contribution in [0.15, 0.2) is 47.6 Å². The summed E-state index contributed by atoms with van der Waals surface area (Å²) in [6.45, 7) is 5.75. The quantitative estimate of drug-likeness (QED) is 0.545. The van der Waals surface area contributed by atoms with Gasteiger partial charge in [0.1, 0.15) is 5.82 Å². The van der Waals surface area contributed by atoms with Crippen molar-refractivity contribution >= 4 is 29.3 Å². The van der Waals surface area contributed by atoms with Crippen LogP contribution in [0.25, 0.3) is 0 Å². The minimum Gasteiger partial charge on any atom is -0.342 e. The summed E-state index contributed by atoms with van der Waals surface area (Å²) in [6, 6.07) is 11.0. The lowest BCUT2D eigenvalue weighted by molar-refractivity contribution is -0.113. The molecule has 0 saturated carbocycles. The lowest BCUT2D eigenvalue weighted by atomic mass is 10.1. The summed E-state index contributed by atoms with van der Waals surface area (Å²) in [7, 11) is 1.75. The van der Waals surface area contributed by atoms with Crippen molar-refractivity contribution in [1.29, 1.82) is 0 Å². The molecular weight excluding hydrogens is 417 g/mol. The van der Waals surface area contributed by atoms with Gasteiger partial charge in [-0.15, -0.1) is 10.2 Å². The largest absolute Gasteiger partial charge is 0.342 e. The Morgan fingerprint density at radius 1 is 1.13 bits per heavy atom. The van der Waals surface area contributed by atoms with Crippen molar-refractivity contribution in [2.24, 2.45) is 7.05 Å². The third-order valence-electron chi connectivity index (χ3n) is 4.84. The van der Waals surface area contributed by atoms with E-state index in [1.165, 1.54) is 30.0 Å². The van der Waals surface area contributed by atoms with E-state index in [0.29, 0.717) is 11.0 Å². The smallest absolute Gasteiger partial charge is 0.254 e. The number of aromatic nitrogens is 3. The summed E-state index contributed by atoms with van der Waals surface area (Å²) in [6.07, 6.45) is 0. The van der Waals surface area contributed by atoms with Crippen molar-refractivity contribution < 1.29 is 14.0 Å². The predicted octanol–water partition coefficient (Wildman–Crippen LogP) is 3.79. The van der Waals surface area contributed by atoms with E-state index in [4.69, 9.17) is 0 Å². The van der Waals surface area contributed by atoms with Gasteiger partial charge in [-0.2, -0.15) is 0 Å². The molecule has 0 aliphatic heterocycles. The van der Waals surface area contributed by atoms with E-state index in [-0.39, 0.29) is 17.2 Å². The van der Waals surface area contributed by atoms with Gasteiger partial charge < -0.3 is 15.2 Å². The zero-order valence-electron chi connectivity index (χ0n) is 17.8. The molecule has 0 radical (unpaired) electrons. The lowest BCUT2D eigenvalue weighted by Crippen LogP contribution is -2.29. The lowest BCUT2D eigenvalue weighted by Gasteiger charge is -2.14. The Bertz CT molecular complexity index is 1120. The van der Waals surface area contributed by atoms with Crippen LogP contribution in [-0.2, 0) is 11.8 Å². The Labute approximate surface area is 184 Å². The Balaban J connectivity index is 1.59. The van der Waals surface area contributed by atoms with Crippen molar-refractivity contribution in [2.45, 2.75) is 32.0 Å². The number of carbonyl (C=O) groups excluding carboxylic acids is 2. The van der Waals surface area contributed by atoms with Gasteiger partial charge in [0, 0.05) is 12.7 Å². The first-order valence-corrected chi connectivity index (χ1v) is 10.7. The van der Waals surface area contributed by atoms with Gasteiger partial charge >= 0.3 is 0 Å². The SMILES string of the molecule is Cc1ccc(NC(=O)CSc2nnc([C@H](C)NC(=O)c3ccccc3F)n2C)cc1C. The molecule has 3 rings (SSSR count). The maximum atomic E-state index is 13.8. The average Bonchev–Trinajstić information content (AvgIpc) is 3.10. The second kappa shape index (κ2) is 9.74. The highest BCUT2D eigenvalue weighted by molar-refractivity contribution is 7.99. The molecule has 2 amide bonds. The molecule has 0 aliphatic rings. The molecule has 0 saturated heterocycles. The fraction of sp³-hybridized carbons (Fsp3) is 0.273. The van der Waals surface area contributed by atoms with Gasteiger partial charge in [0.25, 0.3) is 5.91 Å². The van der Waals surface area contributed by atoms with E-state index in [2.05, 4.69) is 20.8 Å². The first kappa shape index (κ1) is 22.5. The molecule has 2 N–H and O–H groups in total. The van der Waals surface area contributed by atoms with Crippen molar-refractivity contribution in [3.05, 3.63) is 70.8 Å². The Morgan fingerprint density at radius 3 is 2.58 bits per heavy atom. The van der Waals surface area contributed by atoms with E-state index < -0.39 is 17.8 Å². The molecule has 31 heavy (non-hydrogen) atoms. The number of carbonyl (C=O) groups is 2. The highest BCUT2D eigenvalue weighted by Gasteiger charge is 2.20. The van der Waals surface area contributed by atoms with Crippen LogP contribution in [0.4, 0.5) is 10.1 Å². The fourth-order valence-corrected chi connectivity index (χ4v) is 3.68. The normalized spacial score (nSPS) is 11.8. The average molecular weight is 442 g/mol. The number of aryl methyl sites for hydroxylation is 2. The van der Waals surface area contributed by atoms with Crippen molar-refractivity contribution in [1.82, 2.24) is 20.1 Å². The highest BCUT2D eigenvalue weighted by Crippen LogP contribution is 2.20. The van der Waals surface area contributed by atoms with E-state index >= 15 is 0 Å². The van der Waals surface area contributed by atoms with Crippen LogP contribution in [0.1, 0.15) is 40.3 Å². The first-order chi connectivity index (χ1) is 14.8. The molecule has 1 heterocycles. The van der Waals surface area contributed by atoms with Gasteiger partial charge in [0.15, 0.2) is 11.0 Å². The number of anilines is 1. The van der Waals surface area contributed by atoms with Gasteiger partial charge in [-0.3, -0.25) is 9.59 Å². The number of hydrogen-bond acceptors (Lipinski definition) is 5. The third kappa shape index (κ3) is 5.49. The molecule has 1 atom stereocenters. The number of nitrogens with one attached hydrogen (secondary N) is 2. The van der Waals surface area contributed by atoms with Gasteiger partial charge in [-0.05, 0) is 56.2 Å². The number of amides is 2. The second-order valence-electron chi connectivity index (χ2n) is 7.21. The maximum Gasteiger partial charge on any atom is 0.254 e. The van der Waals surface area contributed by atoms with E-state index in [0.717, 1.165) is 16.8 Å². The van der Waals surface area contributed by atoms with Crippen LogP contribution < -0.4 is 10.6 Å². The minimum atomic E-state index is -0.587. The number of thioether (sulfide) groups is 1. The van der Waals surface area contributed by atoms with Crippen LogP contribution >= 0.6 is 11.8 Å². The number of nitrogens with zero attached hydrogens (tertiary/aromatic N) is 3. The molecule has 0 spiro atoms. The van der Waals surface area contributed by atoms with E-state index in [9.17, 15) is 14.0 Å². The Kier molecular flexibility index (Phi) is 7.06. The predicted molar refractivity (Wildman–Crippen MR) is 119 cm³/mol. The van der Waals surface area contributed by atoms with Crippen LogP contribution in [0, 0.1) is 19.7 Å². The van der Waals surface area contributed by atoms with Gasteiger partial charge in [-0.1, -0.05) is 30.0 Å². The molecule has 3 aromatic rings. The molecule has 0 unspecified atom stereocenters. The number of rotatable bonds is 7. The third-order valence-corrected chi connectivity index (χ3v) is 5.87. The highest BCUT2D eigenvalue weighted by atomic mass is 32.2. The van der Waals surface area contributed by atoms with Gasteiger partial charge in [-0.25, -0.2) is 4.39 Å². The molecule has 9 heteroatoms. The summed E-state index contributed by atoms with van der Waals surface area (Å²) in [5.74, 6) is -0.610. The van der Waals surface area contributed by atoms with Crippen molar-refractivity contribution in [3.8, 4) is 0 Å². The van der Waals surface area contributed by atoms with Crippen LogP contribution in [0.5, 0.6) is 0 Å². The van der Waals surface area contributed by atoms with Gasteiger partial charge in [0.05, 0.1) is 17.4 Å². The molecule has 0 bridgehead atoms. The zero-order chi connectivity index (χ0) is 22.5. The van der Waals surface area contributed by atoms with Crippen LogP contribution in [0.2, 0.25) is 0 Å². The summed E-state index contributed by atoms with van der Waals surface area (Å²) < 4.78 is 15.5. The number of benzene rings is 2. The first-order valence-electron chi connectivity index (χ1n) is 9.71.